The fourth-order valence-electron chi connectivity index (χ4n) is 2.15. The molecule has 0 bridgehead atoms. The monoisotopic (exact) mass is 365 g/mol. The summed E-state index contributed by atoms with van der Waals surface area (Å²) >= 11 is 0. The molecule has 2 rings (SSSR count). The molecular formula is C18H18F3N3O2. The lowest BCUT2D eigenvalue weighted by Crippen LogP contribution is -2.46. The van der Waals surface area contributed by atoms with Gasteiger partial charge in [-0.2, -0.15) is 13.2 Å². The SMILES string of the molecule is C[C@H](NC(=O)Nc1ccccc1)C(=O)NCc1cccc(C(F)(F)F)c1. The second-order valence-corrected chi connectivity index (χ2v) is 5.60. The fourth-order valence-corrected chi connectivity index (χ4v) is 2.15. The highest BCUT2D eigenvalue weighted by molar-refractivity contribution is 5.93. The normalized spacial score (nSPS) is 12.2. The molecule has 0 aliphatic carbocycles. The van der Waals surface area contributed by atoms with Gasteiger partial charge in [0.05, 0.1) is 5.56 Å². The Morgan fingerprint density at radius 2 is 1.73 bits per heavy atom. The van der Waals surface area contributed by atoms with Crippen molar-refractivity contribution in [3.63, 3.8) is 0 Å². The molecule has 0 fully saturated rings. The van der Waals surface area contributed by atoms with E-state index in [1.165, 1.54) is 19.1 Å². The Balaban J connectivity index is 1.84. The number of rotatable bonds is 5. The molecule has 138 valence electrons. The molecule has 0 aromatic heterocycles. The number of alkyl halides is 3. The van der Waals surface area contributed by atoms with Crippen LogP contribution in [0.25, 0.3) is 0 Å². The lowest BCUT2D eigenvalue weighted by Gasteiger charge is -2.15. The van der Waals surface area contributed by atoms with E-state index >= 15 is 0 Å². The quantitative estimate of drug-likeness (QED) is 0.759. The van der Waals surface area contributed by atoms with Crippen LogP contribution in [-0.2, 0) is 17.5 Å². The van der Waals surface area contributed by atoms with Gasteiger partial charge in [-0.1, -0.05) is 30.3 Å². The molecular weight excluding hydrogens is 347 g/mol. The first-order valence-corrected chi connectivity index (χ1v) is 7.82. The number of para-hydroxylation sites is 1. The highest BCUT2D eigenvalue weighted by Crippen LogP contribution is 2.29. The number of benzene rings is 2. The van der Waals surface area contributed by atoms with Crippen LogP contribution in [0, 0.1) is 0 Å². The molecule has 2 aromatic rings. The summed E-state index contributed by atoms with van der Waals surface area (Å²) in [6, 6.07) is 12.0. The number of carbonyl (C=O) groups excluding carboxylic acids is 2. The zero-order chi connectivity index (χ0) is 19.2. The Labute approximate surface area is 148 Å². The second kappa shape index (κ2) is 8.37. The number of hydrogen-bond acceptors (Lipinski definition) is 2. The molecule has 0 radical (unpaired) electrons. The van der Waals surface area contributed by atoms with Gasteiger partial charge in [-0.15, -0.1) is 0 Å². The number of carbonyl (C=O) groups is 2. The van der Waals surface area contributed by atoms with Crippen LogP contribution in [-0.4, -0.2) is 18.0 Å². The average molecular weight is 365 g/mol. The Morgan fingerprint density at radius 3 is 2.38 bits per heavy atom. The Morgan fingerprint density at radius 1 is 1.04 bits per heavy atom. The summed E-state index contributed by atoms with van der Waals surface area (Å²) < 4.78 is 38.0. The zero-order valence-corrected chi connectivity index (χ0v) is 13.9. The minimum atomic E-state index is -4.44. The molecule has 26 heavy (non-hydrogen) atoms. The summed E-state index contributed by atoms with van der Waals surface area (Å²) in [5.41, 5.74) is 0.105. The van der Waals surface area contributed by atoms with Crippen molar-refractivity contribution in [2.45, 2.75) is 25.7 Å². The maximum absolute atomic E-state index is 12.7. The molecule has 1 atom stereocenters. The van der Waals surface area contributed by atoms with Crippen LogP contribution in [0.2, 0.25) is 0 Å². The third-order valence-corrected chi connectivity index (χ3v) is 3.49. The van der Waals surface area contributed by atoms with Gasteiger partial charge in [0, 0.05) is 12.2 Å². The predicted octanol–water partition coefficient (Wildman–Crippen LogP) is 3.53. The first kappa shape index (κ1) is 19.3. The molecule has 0 saturated carbocycles. The van der Waals surface area contributed by atoms with Crippen LogP contribution in [0.3, 0.4) is 0 Å². The first-order valence-electron chi connectivity index (χ1n) is 7.82. The van der Waals surface area contributed by atoms with E-state index in [1.54, 1.807) is 30.3 Å². The summed E-state index contributed by atoms with van der Waals surface area (Å²) in [4.78, 5) is 23.8. The molecule has 0 spiro atoms. The van der Waals surface area contributed by atoms with Gasteiger partial charge < -0.3 is 16.0 Å². The Hall–Kier alpha value is -3.03. The van der Waals surface area contributed by atoms with E-state index in [4.69, 9.17) is 0 Å². The largest absolute Gasteiger partial charge is 0.416 e. The highest BCUT2D eigenvalue weighted by atomic mass is 19.4. The van der Waals surface area contributed by atoms with Crippen LogP contribution in [0.4, 0.5) is 23.7 Å². The summed E-state index contributed by atoms with van der Waals surface area (Å²) in [7, 11) is 0. The van der Waals surface area contributed by atoms with Gasteiger partial charge in [-0.3, -0.25) is 4.79 Å². The van der Waals surface area contributed by atoms with E-state index < -0.39 is 29.7 Å². The highest BCUT2D eigenvalue weighted by Gasteiger charge is 2.30. The van der Waals surface area contributed by atoms with E-state index in [0.717, 1.165) is 12.1 Å². The zero-order valence-electron chi connectivity index (χ0n) is 13.9. The lowest BCUT2D eigenvalue weighted by molar-refractivity contribution is -0.137. The molecule has 0 unspecified atom stereocenters. The van der Waals surface area contributed by atoms with Crippen LogP contribution >= 0.6 is 0 Å². The standard InChI is InChI=1S/C18H18F3N3O2/c1-12(23-17(26)24-15-8-3-2-4-9-15)16(25)22-11-13-6-5-7-14(10-13)18(19,20)21/h2-10,12H,11H2,1H3,(H,22,25)(H2,23,24,26)/t12-/m0/s1. The van der Waals surface area contributed by atoms with E-state index in [2.05, 4.69) is 16.0 Å². The van der Waals surface area contributed by atoms with Crippen LogP contribution < -0.4 is 16.0 Å². The minimum Gasteiger partial charge on any atom is -0.350 e. The molecule has 0 saturated heterocycles. The van der Waals surface area contributed by atoms with Gasteiger partial charge in [0.2, 0.25) is 5.91 Å². The summed E-state index contributed by atoms with van der Waals surface area (Å²) in [5, 5.41) is 7.53. The number of amides is 3. The molecule has 3 N–H and O–H groups in total. The molecule has 5 nitrogen and oxygen atoms in total. The summed E-state index contributed by atoms with van der Waals surface area (Å²) in [6.07, 6.45) is -4.44. The molecule has 3 amide bonds. The van der Waals surface area contributed by atoms with Crippen molar-refractivity contribution >= 4 is 17.6 Å². The topological polar surface area (TPSA) is 70.2 Å². The number of halogens is 3. The molecule has 0 heterocycles. The van der Waals surface area contributed by atoms with Crippen molar-refractivity contribution in [2.75, 3.05) is 5.32 Å². The molecule has 0 aliphatic heterocycles. The Bertz CT molecular complexity index is 764. The molecule has 2 aromatic carbocycles. The average Bonchev–Trinajstić information content (AvgIpc) is 2.60. The third-order valence-electron chi connectivity index (χ3n) is 3.49. The van der Waals surface area contributed by atoms with Crippen molar-refractivity contribution in [1.29, 1.82) is 0 Å². The van der Waals surface area contributed by atoms with E-state index in [1.807, 2.05) is 0 Å². The number of urea groups is 1. The van der Waals surface area contributed by atoms with Gasteiger partial charge in [-0.05, 0) is 36.8 Å². The molecule has 8 heteroatoms. The van der Waals surface area contributed by atoms with Crippen LogP contribution in [0.15, 0.2) is 54.6 Å². The first-order chi connectivity index (χ1) is 12.3. The van der Waals surface area contributed by atoms with Crippen molar-refractivity contribution in [2.24, 2.45) is 0 Å². The van der Waals surface area contributed by atoms with E-state index in [9.17, 15) is 22.8 Å². The lowest BCUT2D eigenvalue weighted by atomic mass is 10.1. The van der Waals surface area contributed by atoms with Gasteiger partial charge in [0.1, 0.15) is 6.04 Å². The van der Waals surface area contributed by atoms with Crippen molar-refractivity contribution in [3.8, 4) is 0 Å². The van der Waals surface area contributed by atoms with Crippen LogP contribution in [0.1, 0.15) is 18.1 Å². The van der Waals surface area contributed by atoms with Gasteiger partial charge >= 0.3 is 12.2 Å². The summed E-state index contributed by atoms with van der Waals surface area (Å²) in [5.74, 6) is -0.509. The smallest absolute Gasteiger partial charge is 0.350 e. The fraction of sp³-hybridized carbons (Fsp3) is 0.222. The molecule has 0 aliphatic rings. The van der Waals surface area contributed by atoms with Crippen LogP contribution in [0.5, 0.6) is 0 Å². The summed E-state index contributed by atoms with van der Waals surface area (Å²) in [6.45, 7) is 1.40. The maximum Gasteiger partial charge on any atom is 0.416 e. The second-order valence-electron chi connectivity index (χ2n) is 5.60. The minimum absolute atomic E-state index is 0.0743. The van der Waals surface area contributed by atoms with E-state index in [-0.39, 0.29) is 6.54 Å². The van der Waals surface area contributed by atoms with Gasteiger partial charge in [0.15, 0.2) is 0 Å². The third kappa shape index (κ3) is 5.80. The van der Waals surface area contributed by atoms with Crippen molar-refractivity contribution in [3.05, 3.63) is 65.7 Å². The Kier molecular flexibility index (Phi) is 6.21. The van der Waals surface area contributed by atoms with Gasteiger partial charge in [-0.25, -0.2) is 4.79 Å². The maximum atomic E-state index is 12.7. The number of anilines is 1. The van der Waals surface area contributed by atoms with Crippen molar-refractivity contribution in [1.82, 2.24) is 10.6 Å². The number of hydrogen-bond donors (Lipinski definition) is 3. The van der Waals surface area contributed by atoms with Crippen molar-refractivity contribution < 1.29 is 22.8 Å². The predicted molar refractivity (Wildman–Crippen MR) is 91.3 cm³/mol. The van der Waals surface area contributed by atoms with E-state index in [0.29, 0.717) is 11.3 Å². The number of nitrogens with one attached hydrogen (secondary N) is 3. The van der Waals surface area contributed by atoms with Gasteiger partial charge in [0.25, 0.3) is 0 Å².